The number of rotatable bonds is 3. The van der Waals surface area contributed by atoms with Crippen LogP contribution in [0, 0.1) is 0 Å². The van der Waals surface area contributed by atoms with Gasteiger partial charge < -0.3 is 16.0 Å². The Balaban J connectivity index is 1.91. The highest BCUT2D eigenvalue weighted by Gasteiger charge is 2.22. The number of nitrogens with one attached hydrogen (secondary N) is 1. The number of carbonyl (C=O) groups is 1. The van der Waals surface area contributed by atoms with Crippen molar-refractivity contribution in [3.05, 3.63) is 35.9 Å². The fourth-order valence-corrected chi connectivity index (χ4v) is 2.39. The third kappa shape index (κ3) is 3.31. The highest BCUT2D eigenvalue weighted by molar-refractivity contribution is 5.83. The van der Waals surface area contributed by atoms with Crippen LogP contribution in [0.4, 0.5) is 0 Å². The molecule has 0 spiro atoms. The number of piperidine rings is 1. The van der Waals surface area contributed by atoms with E-state index in [-0.39, 0.29) is 11.9 Å². The molecule has 1 aromatic carbocycles. The molecule has 4 nitrogen and oxygen atoms in total. The summed E-state index contributed by atoms with van der Waals surface area (Å²) in [6.45, 7) is 2.02. The van der Waals surface area contributed by atoms with Gasteiger partial charge in [0.05, 0.1) is 0 Å². The van der Waals surface area contributed by atoms with Crippen LogP contribution in [0.25, 0.3) is 0 Å². The second-order valence-corrected chi connectivity index (χ2v) is 5.00. The Hall–Kier alpha value is -1.39. The van der Waals surface area contributed by atoms with Gasteiger partial charge in [0.2, 0.25) is 5.91 Å². The number of hydrogen-bond donors (Lipinski definition) is 2. The maximum atomic E-state index is 12.1. The highest BCUT2D eigenvalue weighted by Crippen LogP contribution is 2.12. The van der Waals surface area contributed by atoms with Crippen molar-refractivity contribution in [2.45, 2.75) is 24.9 Å². The van der Waals surface area contributed by atoms with E-state index < -0.39 is 6.04 Å². The molecule has 1 aliphatic heterocycles. The van der Waals surface area contributed by atoms with Crippen LogP contribution in [-0.4, -0.2) is 37.0 Å². The number of hydrogen-bond acceptors (Lipinski definition) is 3. The molecular weight excluding hydrogens is 226 g/mol. The molecular formula is C14H21N3O. The standard InChI is InChI=1S/C14H21N3O/c1-17-9-5-8-12(10-17)16-14(18)13(15)11-6-3-2-4-7-11/h2-4,6-7,12-13H,5,8-10,15H2,1H3,(H,16,18). The number of benzene rings is 1. The molecule has 0 aromatic heterocycles. The van der Waals surface area contributed by atoms with Crippen LogP contribution in [0.1, 0.15) is 24.4 Å². The molecule has 0 aliphatic carbocycles. The summed E-state index contributed by atoms with van der Waals surface area (Å²) >= 11 is 0. The first-order valence-corrected chi connectivity index (χ1v) is 6.46. The number of likely N-dealkylation sites (tertiary alicyclic amines) is 1. The van der Waals surface area contributed by atoms with Crippen molar-refractivity contribution >= 4 is 5.91 Å². The second-order valence-electron chi connectivity index (χ2n) is 5.00. The third-order valence-corrected chi connectivity index (χ3v) is 3.41. The van der Waals surface area contributed by atoms with E-state index in [0.29, 0.717) is 0 Å². The summed E-state index contributed by atoms with van der Waals surface area (Å²) in [6, 6.07) is 9.15. The topological polar surface area (TPSA) is 58.4 Å². The van der Waals surface area contributed by atoms with Crippen molar-refractivity contribution in [1.29, 1.82) is 0 Å². The van der Waals surface area contributed by atoms with Crippen molar-refractivity contribution in [2.24, 2.45) is 5.73 Å². The summed E-state index contributed by atoms with van der Waals surface area (Å²) < 4.78 is 0. The predicted molar refractivity (Wildman–Crippen MR) is 72.0 cm³/mol. The van der Waals surface area contributed by atoms with Gasteiger partial charge in [0, 0.05) is 12.6 Å². The van der Waals surface area contributed by atoms with Gasteiger partial charge in [-0.1, -0.05) is 30.3 Å². The Bertz CT molecular complexity index is 393. The molecule has 2 rings (SSSR count). The SMILES string of the molecule is CN1CCCC(NC(=O)C(N)c2ccccc2)C1. The van der Waals surface area contributed by atoms with E-state index in [2.05, 4.69) is 17.3 Å². The molecule has 4 heteroatoms. The first-order chi connectivity index (χ1) is 8.66. The summed E-state index contributed by atoms with van der Waals surface area (Å²) in [5.41, 5.74) is 6.83. The van der Waals surface area contributed by atoms with E-state index in [1.165, 1.54) is 0 Å². The van der Waals surface area contributed by atoms with Gasteiger partial charge in [-0.25, -0.2) is 0 Å². The first-order valence-electron chi connectivity index (χ1n) is 6.46. The van der Waals surface area contributed by atoms with Gasteiger partial charge in [-0.05, 0) is 32.0 Å². The Labute approximate surface area is 108 Å². The van der Waals surface area contributed by atoms with Gasteiger partial charge in [0.15, 0.2) is 0 Å². The van der Waals surface area contributed by atoms with E-state index in [4.69, 9.17) is 5.73 Å². The Kier molecular flexibility index (Phi) is 4.33. The minimum absolute atomic E-state index is 0.0819. The molecule has 3 N–H and O–H groups in total. The van der Waals surface area contributed by atoms with Crippen molar-refractivity contribution in [1.82, 2.24) is 10.2 Å². The highest BCUT2D eigenvalue weighted by atomic mass is 16.2. The summed E-state index contributed by atoms with van der Waals surface area (Å²) in [6.07, 6.45) is 2.17. The van der Waals surface area contributed by atoms with Gasteiger partial charge in [-0.15, -0.1) is 0 Å². The van der Waals surface area contributed by atoms with Gasteiger partial charge in [0.25, 0.3) is 0 Å². The summed E-state index contributed by atoms with van der Waals surface area (Å²) in [4.78, 5) is 14.3. The van der Waals surface area contributed by atoms with Crippen LogP contribution in [0.15, 0.2) is 30.3 Å². The largest absolute Gasteiger partial charge is 0.350 e. The molecule has 1 aromatic rings. The number of amides is 1. The van der Waals surface area contributed by atoms with E-state index in [9.17, 15) is 4.79 Å². The summed E-state index contributed by atoms with van der Waals surface area (Å²) in [7, 11) is 2.08. The van der Waals surface area contributed by atoms with Crippen molar-refractivity contribution < 1.29 is 4.79 Å². The fourth-order valence-electron chi connectivity index (χ4n) is 2.39. The number of likely N-dealkylation sites (N-methyl/N-ethyl adjacent to an activating group) is 1. The molecule has 2 atom stereocenters. The lowest BCUT2D eigenvalue weighted by atomic mass is 10.0. The molecule has 0 radical (unpaired) electrons. The van der Waals surface area contributed by atoms with Crippen molar-refractivity contribution in [3.63, 3.8) is 0 Å². The lowest BCUT2D eigenvalue weighted by Crippen LogP contribution is -2.48. The minimum atomic E-state index is -0.571. The molecule has 0 bridgehead atoms. The van der Waals surface area contributed by atoms with Crippen LogP contribution >= 0.6 is 0 Å². The smallest absolute Gasteiger partial charge is 0.241 e. The van der Waals surface area contributed by atoms with E-state index >= 15 is 0 Å². The zero-order chi connectivity index (χ0) is 13.0. The zero-order valence-electron chi connectivity index (χ0n) is 10.8. The third-order valence-electron chi connectivity index (χ3n) is 3.41. The van der Waals surface area contributed by atoms with Crippen LogP contribution in [-0.2, 0) is 4.79 Å². The maximum absolute atomic E-state index is 12.1. The molecule has 1 amide bonds. The van der Waals surface area contributed by atoms with Gasteiger partial charge in [-0.2, -0.15) is 0 Å². The van der Waals surface area contributed by atoms with E-state index in [1.807, 2.05) is 30.3 Å². The Morgan fingerprint density at radius 1 is 1.44 bits per heavy atom. The van der Waals surface area contributed by atoms with E-state index in [0.717, 1.165) is 31.5 Å². The molecule has 0 saturated carbocycles. The normalized spacial score (nSPS) is 22.4. The lowest BCUT2D eigenvalue weighted by Gasteiger charge is -2.30. The molecule has 1 aliphatic rings. The predicted octanol–water partition coefficient (Wildman–Crippen LogP) is 0.897. The summed E-state index contributed by atoms with van der Waals surface area (Å²) in [5.74, 6) is -0.0819. The Morgan fingerprint density at radius 3 is 2.83 bits per heavy atom. The van der Waals surface area contributed by atoms with Crippen LogP contribution < -0.4 is 11.1 Å². The van der Waals surface area contributed by atoms with Crippen LogP contribution in [0.5, 0.6) is 0 Å². The molecule has 2 unspecified atom stereocenters. The van der Waals surface area contributed by atoms with Gasteiger partial charge in [-0.3, -0.25) is 4.79 Å². The molecule has 1 fully saturated rings. The molecule has 98 valence electrons. The van der Waals surface area contributed by atoms with Gasteiger partial charge in [0.1, 0.15) is 6.04 Å². The minimum Gasteiger partial charge on any atom is -0.350 e. The lowest BCUT2D eigenvalue weighted by molar-refractivity contribution is -0.123. The Morgan fingerprint density at radius 2 is 2.17 bits per heavy atom. The summed E-state index contributed by atoms with van der Waals surface area (Å²) in [5, 5.41) is 3.04. The average Bonchev–Trinajstić information content (AvgIpc) is 2.39. The number of carbonyl (C=O) groups excluding carboxylic acids is 1. The zero-order valence-corrected chi connectivity index (χ0v) is 10.8. The number of nitrogens with two attached hydrogens (primary N) is 1. The first kappa shape index (κ1) is 13.1. The number of nitrogens with zero attached hydrogens (tertiary/aromatic N) is 1. The average molecular weight is 247 g/mol. The maximum Gasteiger partial charge on any atom is 0.241 e. The van der Waals surface area contributed by atoms with Crippen molar-refractivity contribution in [3.8, 4) is 0 Å². The van der Waals surface area contributed by atoms with Crippen molar-refractivity contribution in [2.75, 3.05) is 20.1 Å². The van der Waals surface area contributed by atoms with Crippen LogP contribution in [0.2, 0.25) is 0 Å². The van der Waals surface area contributed by atoms with Crippen LogP contribution in [0.3, 0.4) is 0 Å². The monoisotopic (exact) mass is 247 g/mol. The molecule has 1 saturated heterocycles. The second kappa shape index (κ2) is 5.98. The molecule has 1 heterocycles. The molecule has 18 heavy (non-hydrogen) atoms. The quantitative estimate of drug-likeness (QED) is 0.834. The van der Waals surface area contributed by atoms with E-state index in [1.54, 1.807) is 0 Å². The fraction of sp³-hybridized carbons (Fsp3) is 0.500. The van der Waals surface area contributed by atoms with Gasteiger partial charge >= 0.3 is 0 Å².